The lowest BCUT2D eigenvalue weighted by Crippen LogP contribution is -2.32. The number of rotatable bonds is 4. The number of nitrogens with one attached hydrogen (secondary N) is 1. The zero-order valence-corrected chi connectivity index (χ0v) is 10.8. The minimum atomic E-state index is 0.227. The Kier molecular flexibility index (Phi) is 5.11. The van der Waals surface area contributed by atoms with Crippen molar-refractivity contribution in [2.24, 2.45) is 10.7 Å². The van der Waals surface area contributed by atoms with Gasteiger partial charge in [0.05, 0.1) is 11.0 Å². The average Bonchev–Trinajstić information content (AvgIpc) is 2.28. The van der Waals surface area contributed by atoms with Gasteiger partial charge in [0.1, 0.15) is 5.75 Å². The summed E-state index contributed by atoms with van der Waals surface area (Å²) < 4.78 is 0.667. The number of nitrogens with two attached hydrogens (primary N) is 1. The van der Waals surface area contributed by atoms with Gasteiger partial charge in [-0.1, -0.05) is 13.0 Å². The monoisotopic (exact) mass is 285 g/mol. The van der Waals surface area contributed by atoms with Crippen LogP contribution in [0.5, 0.6) is 5.75 Å². The van der Waals surface area contributed by atoms with E-state index < -0.39 is 0 Å². The zero-order valence-electron chi connectivity index (χ0n) is 9.20. The van der Waals surface area contributed by atoms with E-state index in [1.54, 1.807) is 6.07 Å². The van der Waals surface area contributed by atoms with E-state index in [-0.39, 0.29) is 5.75 Å². The first-order valence-electron chi connectivity index (χ1n) is 5.14. The molecule has 0 heterocycles. The summed E-state index contributed by atoms with van der Waals surface area (Å²) in [4.78, 5) is 4.18. The van der Waals surface area contributed by atoms with Crippen molar-refractivity contribution in [3.63, 3.8) is 0 Å². The Labute approximate surface area is 104 Å². The van der Waals surface area contributed by atoms with Crippen LogP contribution in [0, 0.1) is 0 Å². The number of guanidine groups is 1. The van der Waals surface area contributed by atoms with Crippen molar-refractivity contribution in [1.29, 1.82) is 0 Å². The molecule has 0 aliphatic heterocycles. The molecule has 0 bridgehead atoms. The normalized spacial score (nSPS) is 11.5. The zero-order chi connectivity index (χ0) is 12.0. The van der Waals surface area contributed by atoms with Gasteiger partial charge in [-0.15, -0.1) is 0 Å². The van der Waals surface area contributed by atoms with Crippen molar-refractivity contribution in [3.05, 3.63) is 28.2 Å². The van der Waals surface area contributed by atoms with Crippen molar-refractivity contribution < 1.29 is 5.11 Å². The highest BCUT2D eigenvalue weighted by molar-refractivity contribution is 9.10. The molecule has 0 aliphatic rings. The first kappa shape index (κ1) is 12.8. The van der Waals surface area contributed by atoms with E-state index >= 15 is 0 Å². The quantitative estimate of drug-likeness (QED) is 0.585. The van der Waals surface area contributed by atoms with Gasteiger partial charge in [-0.3, -0.25) is 0 Å². The minimum Gasteiger partial charge on any atom is -0.507 e. The summed E-state index contributed by atoms with van der Waals surface area (Å²) >= 11 is 3.25. The molecule has 0 atom stereocenters. The van der Waals surface area contributed by atoms with Gasteiger partial charge >= 0.3 is 0 Å². The van der Waals surface area contributed by atoms with Gasteiger partial charge < -0.3 is 16.2 Å². The van der Waals surface area contributed by atoms with E-state index in [4.69, 9.17) is 5.73 Å². The highest BCUT2D eigenvalue weighted by Gasteiger charge is 1.99. The predicted molar refractivity (Wildman–Crippen MR) is 69.4 cm³/mol. The third-order valence-corrected chi connectivity index (χ3v) is 2.64. The molecule has 0 radical (unpaired) electrons. The maximum Gasteiger partial charge on any atom is 0.188 e. The predicted octanol–water partition coefficient (Wildman–Crippen LogP) is 1.97. The Bertz CT molecular complexity index is 379. The van der Waals surface area contributed by atoms with Crippen molar-refractivity contribution in [1.82, 2.24) is 5.32 Å². The largest absolute Gasteiger partial charge is 0.507 e. The number of phenols is 1. The maximum absolute atomic E-state index is 9.32. The fraction of sp³-hybridized carbons (Fsp3) is 0.364. The lowest BCUT2D eigenvalue weighted by molar-refractivity contribution is 0.471. The van der Waals surface area contributed by atoms with E-state index in [1.807, 2.05) is 12.1 Å². The number of aromatic hydroxyl groups is 1. The van der Waals surface area contributed by atoms with Crippen LogP contribution < -0.4 is 11.1 Å². The number of benzene rings is 1. The molecule has 5 heteroatoms. The van der Waals surface area contributed by atoms with Crippen LogP contribution in [0.2, 0.25) is 0 Å². The van der Waals surface area contributed by atoms with Gasteiger partial charge in [0.15, 0.2) is 5.96 Å². The Morgan fingerprint density at radius 1 is 1.56 bits per heavy atom. The molecule has 88 valence electrons. The molecule has 0 aliphatic carbocycles. The SMILES string of the molecule is CCCNC(N)=NCc1ccc(O)c(Br)c1. The highest BCUT2D eigenvalue weighted by Crippen LogP contribution is 2.24. The van der Waals surface area contributed by atoms with Crippen LogP contribution in [-0.4, -0.2) is 17.6 Å². The van der Waals surface area contributed by atoms with Crippen molar-refractivity contribution in [2.45, 2.75) is 19.9 Å². The number of phenolic OH excluding ortho intramolecular Hbond substituents is 1. The van der Waals surface area contributed by atoms with E-state index in [9.17, 15) is 5.11 Å². The lowest BCUT2D eigenvalue weighted by Gasteiger charge is -2.04. The van der Waals surface area contributed by atoms with Crippen LogP contribution in [0.25, 0.3) is 0 Å². The van der Waals surface area contributed by atoms with Gasteiger partial charge in [-0.05, 0) is 40.0 Å². The van der Waals surface area contributed by atoms with Crippen molar-refractivity contribution in [3.8, 4) is 5.75 Å². The number of nitrogens with zero attached hydrogens (tertiary/aromatic N) is 1. The van der Waals surface area contributed by atoms with Crippen LogP contribution in [0.15, 0.2) is 27.7 Å². The standard InChI is InChI=1S/C11H16BrN3O/c1-2-5-14-11(13)15-7-8-3-4-10(16)9(12)6-8/h3-4,6,16H,2,5,7H2,1H3,(H3,13,14,15). The Morgan fingerprint density at radius 3 is 2.94 bits per heavy atom. The molecule has 0 unspecified atom stereocenters. The van der Waals surface area contributed by atoms with Crippen LogP contribution in [-0.2, 0) is 6.54 Å². The van der Waals surface area contributed by atoms with E-state index in [0.29, 0.717) is 17.0 Å². The Balaban J connectivity index is 2.56. The fourth-order valence-electron chi connectivity index (χ4n) is 1.13. The number of hydrogen-bond acceptors (Lipinski definition) is 2. The van der Waals surface area contributed by atoms with Crippen LogP contribution in [0.3, 0.4) is 0 Å². The summed E-state index contributed by atoms with van der Waals surface area (Å²) in [5.74, 6) is 0.677. The van der Waals surface area contributed by atoms with Crippen molar-refractivity contribution >= 4 is 21.9 Å². The van der Waals surface area contributed by atoms with Crippen molar-refractivity contribution in [2.75, 3.05) is 6.54 Å². The summed E-state index contributed by atoms with van der Waals surface area (Å²) in [6.45, 7) is 3.40. The first-order valence-corrected chi connectivity index (χ1v) is 5.94. The molecule has 1 aromatic carbocycles. The topological polar surface area (TPSA) is 70.6 Å². The molecule has 4 N–H and O–H groups in total. The highest BCUT2D eigenvalue weighted by atomic mass is 79.9. The summed E-state index contributed by atoms with van der Waals surface area (Å²) in [6, 6.07) is 5.27. The van der Waals surface area contributed by atoms with Gasteiger partial charge in [0, 0.05) is 6.54 Å². The van der Waals surface area contributed by atoms with Gasteiger partial charge in [-0.25, -0.2) is 4.99 Å². The molecular formula is C11H16BrN3O. The van der Waals surface area contributed by atoms with Gasteiger partial charge in [-0.2, -0.15) is 0 Å². The van der Waals surface area contributed by atoms with Gasteiger partial charge in [0.2, 0.25) is 0 Å². The average molecular weight is 286 g/mol. The Morgan fingerprint density at radius 2 is 2.31 bits per heavy atom. The first-order chi connectivity index (χ1) is 7.63. The molecule has 0 fully saturated rings. The number of hydrogen-bond donors (Lipinski definition) is 3. The van der Waals surface area contributed by atoms with E-state index in [2.05, 4.69) is 33.2 Å². The van der Waals surface area contributed by atoms with Crippen LogP contribution in [0.1, 0.15) is 18.9 Å². The molecular weight excluding hydrogens is 270 g/mol. The molecule has 1 aromatic rings. The molecule has 0 saturated carbocycles. The Hall–Kier alpha value is -1.23. The van der Waals surface area contributed by atoms with Crippen LogP contribution in [0.4, 0.5) is 0 Å². The number of aliphatic imine (C=N–C) groups is 1. The molecule has 0 saturated heterocycles. The lowest BCUT2D eigenvalue weighted by atomic mass is 10.2. The summed E-state index contributed by atoms with van der Waals surface area (Å²) in [6.07, 6.45) is 1.01. The van der Waals surface area contributed by atoms with E-state index in [1.165, 1.54) is 0 Å². The third-order valence-electron chi connectivity index (χ3n) is 2.00. The third kappa shape index (κ3) is 4.10. The second-order valence-corrected chi connectivity index (χ2v) is 4.27. The van der Waals surface area contributed by atoms with Crippen LogP contribution >= 0.6 is 15.9 Å². The summed E-state index contributed by atoms with van der Waals surface area (Å²) in [5.41, 5.74) is 6.64. The maximum atomic E-state index is 9.32. The minimum absolute atomic E-state index is 0.227. The molecule has 0 amide bonds. The molecule has 1 rings (SSSR count). The smallest absolute Gasteiger partial charge is 0.188 e. The second kappa shape index (κ2) is 6.37. The molecule has 4 nitrogen and oxygen atoms in total. The van der Waals surface area contributed by atoms with E-state index in [0.717, 1.165) is 18.5 Å². The summed E-state index contributed by atoms with van der Waals surface area (Å²) in [5, 5.41) is 12.3. The summed E-state index contributed by atoms with van der Waals surface area (Å²) in [7, 11) is 0. The molecule has 16 heavy (non-hydrogen) atoms. The molecule has 0 spiro atoms. The number of halogens is 1. The molecule has 0 aromatic heterocycles. The van der Waals surface area contributed by atoms with Gasteiger partial charge in [0.25, 0.3) is 0 Å². The fourth-order valence-corrected chi connectivity index (χ4v) is 1.56. The second-order valence-electron chi connectivity index (χ2n) is 3.41.